The van der Waals surface area contributed by atoms with Gasteiger partial charge in [0, 0.05) is 46.3 Å². The Labute approximate surface area is 178 Å². The van der Waals surface area contributed by atoms with Crippen LogP contribution < -0.4 is 5.73 Å². The second-order valence-electron chi connectivity index (χ2n) is 8.76. The molecule has 10 heteroatoms. The Morgan fingerprint density at radius 2 is 1.77 bits per heavy atom. The molecule has 3 rings (SSSR count). The molecule has 3 aliphatic heterocycles. The number of piperazine rings is 1. The van der Waals surface area contributed by atoms with Gasteiger partial charge in [0.25, 0.3) is 0 Å². The monoisotopic (exact) mass is 424 g/mol. The van der Waals surface area contributed by atoms with Crippen LogP contribution in [0.1, 0.15) is 38.5 Å². The van der Waals surface area contributed by atoms with Crippen molar-refractivity contribution in [1.82, 2.24) is 19.6 Å². The molecular weight excluding hydrogens is 388 g/mol. The first-order chi connectivity index (χ1) is 14.3. The molecule has 1 amide bonds. The fraction of sp³-hybridized carbons (Fsp3) is 0.850. The Morgan fingerprint density at radius 3 is 2.37 bits per heavy atom. The zero-order chi connectivity index (χ0) is 21.7. The van der Waals surface area contributed by atoms with Crippen LogP contribution in [-0.2, 0) is 9.53 Å². The molecule has 0 spiro atoms. The van der Waals surface area contributed by atoms with E-state index in [4.69, 9.17) is 21.0 Å². The van der Waals surface area contributed by atoms with Crippen molar-refractivity contribution in [3.05, 3.63) is 0 Å². The summed E-state index contributed by atoms with van der Waals surface area (Å²) in [6.45, 7) is 4.60. The Bertz CT molecular complexity index is 616. The van der Waals surface area contributed by atoms with Gasteiger partial charge in [0.1, 0.15) is 0 Å². The molecule has 3 saturated heterocycles. The lowest BCUT2D eigenvalue weighted by molar-refractivity contribution is -0.139. The maximum atomic E-state index is 12.2. The molecule has 0 aromatic rings. The second-order valence-corrected chi connectivity index (χ2v) is 8.76. The molecule has 4 N–H and O–H groups in total. The molecule has 170 valence electrons. The molecule has 3 fully saturated rings. The summed E-state index contributed by atoms with van der Waals surface area (Å²) >= 11 is 0. The number of carbonyl (C=O) groups excluding carboxylic acids is 1. The number of nitrogens with zero attached hydrogens (tertiary/aromatic N) is 4. The molecule has 3 aliphatic rings. The highest BCUT2D eigenvalue weighted by atomic mass is 16.6. The van der Waals surface area contributed by atoms with Gasteiger partial charge in [-0.25, -0.2) is 4.79 Å². The lowest BCUT2D eigenvalue weighted by Crippen LogP contribution is -2.54. The number of carbonyl (C=O) groups is 2. The zero-order valence-corrected chi connectivity index (χ0v) is 18.0. The summed E-state index contributed by atoms with van der Waals surface area (Å²) in [4.78, 5) is 30.8. The van der Waals surface area contributed by atoms with Gasteiger partial charge in [-0.1, -0.05) is 19.3 Å². The van der Waals surface area contributed by atoms with Gasteiger partial charge in [-0.3, -0.25) is 20.0 Å². The number of cyclic esters (lactones) is 1. The van der Waals surface area contributed by atoms with Gasteiger partial charge < -0.3 is 25.4 Å². The maximum absolute atomic E-state index is 12.2. The van der Waals surface area contributed by atoms with Gasteiger partial charge in [0.2, 0.25) is 0 Å². The third-order valence-corrected chi connectivity index (χ3v) is 6.78. The fourth-order valence-electron chi connectivity index (χ4n) is 4.86. The quantitative estimate of drug-likeness (QED) is 0.294. The van der Waals surface area contributed by atoms with Crippen LogP contribution >= 0.6 is 0 Å². The number of carboxylic acid groups (broad SMARTS) is 1. The molecule has 0 radical (unpaired) electrons. The van der Waals surface area contributed by atoms with Gasteiger partial charge in [0.15, 0.2) is 12.2 Å². The highest BCUT2D eigenvalue weighted by Gasteiger charge is 2.43. The number of likely N-dealkylation sites (tertiary alicyclic amines) is 1. The summed E-state index contributed by atoms with van der Waals surface area (Å²) < 4.78 is 5.66. The number of hydrogen-bond acceptors (Lipinski definition) is 6. The van der Waals surface area contributed by atoms with Crippen molar-refractivity contribution in [2.45, 2.75) is 50.8 Å². The SMILES string of the molecule is CN1C(=O)OC(N2CCN(CC(=O)O)CC2)C1CCCCC1CCN(C(=N)N)CC1. The first kappa shape index (κ1) is 22.6. The smallest absolute Gasteiger partial charge is 0.411 e. The predicted molar refractivity (Wildman–Crippen MR) is 112 cm³/mol. The number of aliphatic carboxylic acids is 1. The van der Waals surface area contributed by atoms with E-state index in [2.05, 4.69) is 4.90 Å². The van der Waals surface area contributed by atoms with Crippen LogP contribution in [-0.4, -0.2) is 108 Å². The molecule has 0 aromatic carbocycles. The molecule has 0 aromatic heterocycles. The number of nitrogens with two attached hydrogens (primary N) is 1. The molecule has 0 aliphatic carbocycles. The van der Waals surface area contributed by atoms with Crippen LogP contribution in [0.3, 0.4) is 0 Å². The van der Waals surface area contributed by atoms with Crippen molar-refractivity contribution < 1.29 is 19.4 Å². The standard InChI is InChI=1S/C20H36N6O4/c1-23-16(5-3-2-4-15-6-8-26(9-7-15)19(21)22)18(30-20(23)29)25-12-10-24(11-13-25)14-17(27)28/h15-16,18H,2-14H2,1H3,(H3,21,22)(H,27,28). The number of likely N-dealkylation sites (N-methyl/N-ethyl adjacent to an activating group) is 1. The van der Waals surface area contributed by atoms with Crippen molar-refractivity contribution in [2.75, 3.05) is 52.9 Å². The minimum atomic E-state index is -0.805. The van der Waals surface area contributed by atoms with E-state index in [-0.39, 0.29) is 30.9 Å². The summed E-state index contributed by atoms with van der Waals surface area (Å²) in [6, 6.07) is 0.0445. The molecule has 0 bridgehead atoms. The van der Waals surface area contributed by atoms with Crippen molar-refractivity contribution in [3.63, 3.8) is 0 Å². The highest BCUT2D eigenvalue weighted by Crippen LogP contribution is 2.28. The van der Waals surface area contributed by atoms with E-state index in [0.717, 1.165) is 45.2 Å². The Hall–Kier alpha value is -2.07. The van der Waals surface area contributed by atoms with Gasteiger partial charge in [-0.15, -0.1) is 0 Å². The molecule has 10 nitrogen and oxygen atoms in total. The summed E-state index contributed by atoms with van der Waals surface area (Å²) in [5.41, 5.74) is 5.56. The Balaban J connectivity index is 1.41. The lowest BCUT2D eigenvalue weighted by atomic mass is 9.91. The van der Waals surface area contributed by atoms with Crippen LogP contribution in [0.4, 0.5) is 4.79 Å². The molecule has 2 unspecified atom stereocenters. The number of piperidine rings is 1. The van der Waals surface area contributed by atoms with Crippen molar-refractivity contribution in [2.24, 2.45) is 11.7 Å². The van der Waals surface area contributed by atoms with Crippen LogP contribution in [0.5, 0.6) is 0 Å². The van der Waals surface area contributed by atoms with E-state index in [1.807, 2.05) is 16.8 Å². The average Bonchev–Trinajstić information content (AvgIpc) is 3.00. The van der Waals surface area contributed by atoms with Crippen LogP contribution in [0.15, 0.2) is 0 Å². The van der Waals surface area contributed by atoms with Gasteiger partial charge in [0.05, 0.1) is 12.6 Å². The highest BCUT2D eigenvalue weighted by molar-refractivity contribution is 5.74. The van der Waals surface area contributed by atoms with Crippen LogP contribution in [0, 0.1) is 11.3 Å². The molecule has 2 atom stereocenters. The molecular formula is C20H36N6O4. The summed E-state index contributed by atoms with van der Waals surface area (Å²) in [5.74, 6) is 0.0652. The normalized spacial score (nSPS) is 26.8. The van der Waals surface area contributed by atoms with Crippen molar-refractivity contribution in [3.8, 4) is 0 Å². The fourth-order valence-corrected chi connectivity index (χ4v) is 4.86. The Kier molecular flexibility index (Phi) is 7.76. The first-order valence-electron chi connectivity index (χ1n) is 11.1. The number of unbranched alkanes of at least 4 members (excludes halogenated alkanes) is 1. The molecule has 0 saturated carbocycles. The van der Waals surface area contributed by atoms with E-state index in [0.29, 0.717) is 32.1 Å². The third kappa shape index (κ3) is 5.75. The van der Waals surface area contributed by atoms with Gasteiger partial charge >= 0.3 is 12.1 Å². The third-order valence-electron chi connectivity index (χ3n) is 6.78. The lowest BCUT2D eigenvalue weighted by Gasteiger charge is -2.38. The zero-order valence-electron chi connectivity index (χ0n) is 18.0. The molecule has 30 heavy (non-hydrogen) atoms. The topological polar surface area (TPSA) is 126 Å². The number of ether oxygens (including phenoxy) is 1. The van der Waals surface area contributed by atoms with E-state index in [1.54, 1.807) is 4.90 Å². The summed E-state index contributed by atoms with van der Waals surface area (Å²) in [7, 11) is 1.81. The van der Waals surface area contributed by atoms with Gasteiger partial charge in [-0.05, 0) is 25.2 Å². The van der Waals surface area contributed by atoms with E-state index < -0.39 is 5.97 Å². The van der Waals surface area contributed by atoms with Gasteiger partial charge in [-0.2, -0.15) is 0 Å². The summed E-state index contributed by atoms with van der Waals surface area (Å²) in [5, 5.41) is 16.5. The second kappa shape index (κ2) is 10.3. The van der Waals surface area contributed by atoms with Crippen molar-refractivity contribution in [1.29, 1.82) is 5.41 Å². The number of rotatable bonds is 8. The van der Waals surface area contributed by atoms with E-state index in [9.17, 15) is 9.59 Å². The predicted octanol–water partition coefficient (Wildman–Crippen LogP) is 0.631. The van der Waals surface area contributed by atoms with Crippen LogP contribution in [0.25, 0.3) is 0 Å². The maximum Gasteiger partial charge on any atom is 0.411 e. The minimum absolute atomic E-state index is 0.0445. The van der Waals surface area contributed by atoms with E-state index >= 15 is 0 Å². The first-order valence-corrected chi connectivity index (χ1v) is 11.1. The largest absolute Gasteiger partial charge is 0.480 e. The number of amides is 1. The average molecular weight is 425 g/mol. The number of carboxylic acids is 1. The number of guanidine groups is 1. The summed E-state index contributed by atoms with van der Waals surface area (Å²) in [6.07, 6.45) is 5.94. The number of nitrogens with one attached hydrogen (secondary N) is 1. The van der Waals surface area contributed by atoms with Crippen molar-refractivity contribution >= 4 is 18.0 Å². The number of hydrogen-bond donors (Lipinski definition) is 3. The van der Waals surface area contributed by atoms with E-state index in [1.165, 1.54) is 6.42 Å². The minimum Gasteiger partial charge on any atom is -0.480 e. The van der Waals surface area contributed by atoms with Crippen LogP contribution in [0.2, 0.25) is 0 Å². The Morgan fingerprint density at radius 1 is 1.13 bits per heavy atom. The molecule has 3 heterocycles.